The van der Waals surface area contributed by atoms with Gasteiger partial charge >= 0.3 is 0 Å². The van der Waals surface area contributed by atoms with Crippen molar-refractivity contribution >= 4 is 60.6 Å². The largest absolute Gasteiger partial charge is 0.366 e. The van der Waals surface area contributed by atoms with E-state index in [-0.39, 0.29) is 12.3 Å². The summed E-state index contributed by atoms with van der Waals surface area (Å²) in [6.07, 6.45) is 1.70. The number of nitrogens with zero attached hydrogens (tertiary/aromatic N) is 3. The van der Waals surface area contributed by atoms with E-state index in [4.69, 9.17) is 28.2 Å². The first-order valence-corrected chi connectivity index (χ1v) is 14.8. The minimum atomic E-state index is -3.49. The lowest BCUT2D eigenvalue weighted by Crippen LogP contribution is -2.24. The maximum atomic E-state index is 12.5. The average molecular weight is 631 g/mol. The summed E-state index contributed by atoms with van der Waals surface area (Å²) in [4.78, 5) is 4.73. The van der Waals surface area contributed by atoms with Crippen LogP contribution in [0.1, 0.15) is 16.7 Å². The van der Waals surface area contributed by atoms with Crippen LogP contribution < -0.4 is 10.0 Å². The third-order valence-corrected chi connectivity index (χ3v) is 8.28. The maximum Gasteiger partial charge on any atom is 0.216 e. The molecule has 2 heterocycles. The van der Waals surface area contributed by atoms with Gasteiger partial charge in [0.1, 0.15) is 5.82 Å². The summed E-state index contributed by atoms with van der Waals surface area (Å²) < 4.78 is 30.1. The SMILES string of the molecule is O=S(=O)(Cc1ccc(Cl)cc1)NCc1ccc(CNc2cc(-c3ccccc3Cl)nc3c(Br)cnn23)cc1. The van der Waals surface area contributed by atoms with E-state index in [9.17, 15) is 8.42 Å². The Morgan fingerprint density at radius 3 is 2.24 bits per heavy atom. The van der Waals surface area contributed by atoms with Crippen LogP contribution in [0.15, 0.2) is 89.5 Å². The predicted octanol–water partition coefficient (Wildman–Crippen LogP) is 6.70. The van der Waals surface area contributed by atoms with Crippen LogP contribution in [0, 0.1) is 0 Å². The smallest absolute Gasteiger partial charge is 0.216 e. The number of sulfonamides is 1. The minimum absolute atomic E-state index is 0.105. The van der Waals surface area contributed by atoms with E-state index in [2.05, 4.69) is 31.1 Å². The van der Waals surface area contributed by atoms with Crippen molar-refractivity contribution in [2.75, 3.05) is 5.32 Å². The number of hydrogen-bond donors (Lipinski definition) is 2. The Hall–Kier alpha value is -2.95. The van der Waals surface area contributed by atoms with Crippen molar-refractivity contribution in [2.45, 2.75) is 18.8 Å². The molecule has 0 fully saturated rings. The number of fused-ring (bicyclic) bond motifs is 1. The Balaban J connectivity index is 1.26. The van der Waals surface area contributed by atoms with Crippen molar-refractivity contribution in [1.29, 1.82) is 0 Å². The summed E-state index contributed by atoms with van der Waals surface area (Å²) in [5, 5.41) is 9.04. The highest BCUT2D eigenvalue weighted by Crippen LogP contribution is 2.30. The quantitative estimate of drug-likeness (QED) is 0.189. The Bertz CT molecular complexity index is 1690. The third kappa shape index (κ3) is 6.36. The van der Waals surface area contributed by atoms with E-state index < -0.39 is 10.0 Å². The summed E-state index contributed by atoms with van der Waals surface area (Å²) in [6, 6.07) is 24.0. The molecule has 0 saturated heterocycles. The van der Waals surface area contributed by atoms with Crippen molar-refractivity contribution < 1.29 is 8.42 Å². The van der Waals surface area contributed by atoms with Crippen molar-refractivity contribution in [3.8, 4) is 11.3 Å². The average Bonchev–Trinajstić information content (AvgIpc) is 3.29. The number of nitrogens with one attached hydrogen (secondary N) is 2. The summed E-state index contributed by atoms with van der Waals surface area (Å²) in [5.41, 5.74) is 4.79. The molecule has 194 valence electrons. The second kappa shape index (κ2) is 11.4. The first kappa shape index (κ1) is 26.6. The molecule has 0 unspecified atom stereocenters. The molecule has 0 bridgehead atoms. The second-order valence-corrected chi connectivity index (χ2v) is 12.1. The van der Waals surface area contributed by atoms with Crippen molar-refractivity contribution in [3.63, 3.8) is 0 Å². The van der Waals surface area contributed by atoms with Gasteiger partial charge in [-0.2, -0.15) is 9.61 Å². The maximum absolute atomic E-state index is 12.5. The van der Waals surface area contributed by atoms with E-state index in [1.165, 1.54) is 0 Å². The van der Waals surface area contributed by atoms with Crippen LogP contribution in [0.25, 0.3) is 16.9 Å². The molecule has 0 saturated carbocycles. The number of halogens is 3. The summed E-state index contributed by atoms with van der Waals surface area (Å²) in [7, 11) is -3.49. The molecule has 0 aliphatic carbocycles. The molecule has 0 atom stereocenters. The first-order valence-electron chi connectivity index (χ1n) is 11.6. The molecule has 0 spiro atoms. The number of rotatable bonds is 9. The van der Waals surface area contributed by atoms with Gasteiger partial charge in [-0.05, 0) is 50.8 Å². The molecule has 0 aliphatic rings. The van der Waals surface area contributed by atoms with Gasteiger partial charge < -0.3 is 5.32 Å². The Kier molecular flexibility index (Phi) is 8.01. The monoisotopic (exact) mass is 629 g/mol. The standard InChI is InChI=1S/C27H22BrCl2N5O2S/c28-23-16-32-35-26(13-25(34-27(23)35)22-3-1-2-4-24(22)30)31-14-18-5-7-19(8-6-18)15-33-38(36,37)17-20-9-11-21(29)12-10-20/h1-13,16,31,33H,14-15,17H2. The zero-order chi connectivity index (χ0) is 26.7. The van der Waals surface area contributed by atoms with Gasteiger partial charge in [0, 0.05) is 34.8 Å². The van der Waals surface area contributed by atoms with E-state index in [0.717, 1.165) is 32.7 Å². The molecule has 2 N–H and O–H groups in total. The molecule has 0 aliphatic heterocycles. The van der Waals surface area contributed by atoms with Crippen LogP contribution in [-0.4, -0.2) is 23.0 Å². The molecule has 0 radical (unpaired) electrons. The Labute approximate surface area is 239 Å². The van der Waals surface area contributed by atoms with E-state index in [1.54, 1.807) is 35.0 Å². The van der Waals surface area contributed by atoms with Gasteiger partial charge in [0.25, 0.3) is 0 Å². The lowest BCUT2D eigenvalue weighted by Gasteiger charge is -2.12. The zero-order valence-corrected chi connectivity index (χ0v) is 23.8. The molecule has 3 aromatic carbocycles. The minimum Gasteiger partial charge on any atom is -0.366 e. The van der Waals surface area contributed by atoms with Crippen LogP contribution in [0.4, 0.5) is 5.82 Å². The summed E-state index contributed by atoms with van der Waals surface area (Å²) in [6.45, 7) is 0.734. The van der Waals surface area contributed by atoms with E-state index in [1.807, 2.05) is 54.6 Å². The predicted molar refractivity (Wildman–Crippen MR) is 156 cm³/mol. The van der Waals surface area contributed by atoms with Crippen molar-refractivity contribution in [1.82, 2.24) is 19.3 Å². The van der Waals surface area contributed by atoms with Gasteiger partial charge in [-0.15, -0.1) is 0 Å². The highest BCUT2D eigenvalue weighted by atomic mass is 79.9. The van der Waals surface area contributed by atoms with Crippen molar-refractivity contribution in [3.05, 3.63) is 116 Å². The molecule has 38 heavy (non-hydrogen) atoms. The number of aromatic nitrogens is 3. The van der Waals surface area contributed by atoms with Gasteiger partial charge in [0.15, 0.2) is 5.65 Å². The molecule has 2 aromatic heterocycles. The molecule has 7 nitrogen and oxygen atoms in total. The molecule has 11 heteroatoms. The highest BCUT2D eigenvalue weighted by molar-refractivity contribution is 9.10. The topological polar surface area (TPSA) is 88.4 Å². The molecule has 5 aromatic rings. The van der Waals surface area contributed by atoms with Crippen LogP contribution in [0.3, 0.4) is 0 Å². The fourth-order valence-corrected chi connectivity index (χ4v) is 5.71. The lowest BCUT2D eigenvalue weighted by molar-refractivity contribution is 0.580. The first-order chi connectivity index (χ1) is 18.3. The number of benzene rings is 3. The lowest BCUT2D eigenvalue weighted by atomic mass is 10.1. The van der Waals surface area contributed by atoms with Gasteiger partial charge in [-0.1, -0.05) is 77.8 Å². The van der Waals surface area contributed by atoms with Gasteiger partial charge in [-0.25, -0.2) is 18.1 Å². The van der Waals surface area contributed by atoms with Crippen LogP contribution in [0.2, 0.25) is 10.0 Å². The summed E-state index contributed by atoms with van der Waals surface area (Å²) >= 11 is 15.8. The third-order valence-electron chi connectivity index (χ3n) is 5.84. The highest BCUT2D eigenvalue weighted by Gasteiger charge is 2.14. The van der Waals surface area contributed by atoms with Crippen LogP contribution in [0.5, 0.6) is 0 Å². The second-order valence-electron chi connectivity index (χ2n) is 8.61. The Morgan fingerprint density at radius 2 is 1.53 bits per heavy atom. The Morgan fingerprint density at radius 1 is 0.868 bits per heavy atom. The van der Waals surface area contributed by atoms with Crippen LogP contribution in [-0.2, 0) is 28.9 Å². The summed E-state index contributed by atoms with van der Waals surface area (Å²) in [5.74, 6) is 0.654. The molecule has 0 amide bonds. The van der Waals surface area contributed by atoms with E-state index >= 15 is 0 Å². The van der Waals surface area contributed by atoms with E-state index in [0.29, 0.717) is 27.8 Å². The number of hydrogen-bond acceptors (Lipinski definition) is 5. The zero-order valence-electron chi connectivity index (χ0n) is 19.9. The fraction of sp³-hybridized carbons (Fsp3) is 0.111. The molecular weight excluding hydrogens is 609 g/mol. The van der Waals surface area contributed by atoms with Gasteiger partial charge in [0.05, 0.1) is 22.1 Å². The van der Waals surface area contributed by atoms with Gasteiger partial charge in [-0.3, -0.25) is 0 Å². The molecule has 5 rings (SSSR count). The normalized spacial score (nSPS) is 11.7. The molecular formula is C27H22BrCl2N5O2S. The fourth-order valence-electron chi connectivity index (χ4n) is 3.88. The number of anilines is 1. The van der Waals surface area contributed by atoms with Crippen LogP contribution >= 0.6 is 39.1 Å². The van der Waals surface area contributed by atoms with Crippen molar-refractivity contribution in [2.24, 2.45) is 0 Å². The van der Waals surface area contributed by atoms with Gasteiger partial charge in [0.2, 0.25) is 10.0 Å².